The molecule has 0 saturated heterocycles. The largest absolute Gasteiger partial charge is 0.396 e. The van der Waals surface area contributed by atoms with Crippen molar-refractivity contribution in [2.45, 2.75) is 32.7 Å². The highest BCUT2D eigenvalue weighted by Crippen LogP contribution is 2.04. The van der Waals surface area contributed by atoms with Gasteiger partial charge in [-0.05, 0) is 27.2 Å². The van der Waals surface area contributed by atoms with Crippen LogP contribution in [0.1, 0.15) is 27.2 Å². The van der Waals surface area contributed by atoms with Gasteiger partial charge in [0.15, 0.2) is 0 Å². The van der Waals surface area contributed by atoms with Crippen molar-refractivity contribution in [1.82, 2.24) is 4.90 Å². The predicted octanol–water partition coefficient (Wildman–Crippen LogP) is -0.0454. The zero-order valence-corrected chi connectivity index (χ0v) is 8.71. The van der Waals surface area contributed by atoms with Gasteiger partial charge in [-0.1, -0.05) is 0 Å². The highest BCUT2D eigenvalue weighted by molar-refractivity contribution is 5.85. The van der Waals surface area contributed by atoms with Crippen LogP contribution in [-0.2, 0) is 4.79 Å². The van der Waals surface area contributed by atoms with E-state index in [-0.39, 0.29) is 12.5 Å². The number of rotatable bonds is 5. The molecule has 13 heavy (non-hydrogen) atoms. The van der Waals surface area contributed by atoms with E-state index in [4.69, 9.17) is 10.8 Å². The van der Waals surface area contributed by atoms with E-state index < -0.39 is 5.54 Å². The van der Waals surface area contributed by atoms with Gasteiger partial charge >= 0.3 is 0 Å². The molecule has 0 unspecified atom stereocenters. The summed E-state index contributed by atoms with van der Waals surface area (Å²) in [5.74, 6) is -0.0662. The summed E-state index contributed by atoms with van der Waals surface area (Å²) in [6.07, 6.45) is 0.607. The van der Waals surface area contributed by atoms with Gasteiger partial charge in [0.1, 0.15) is 0 Å². The van der Waals surface area contributed by atoms with E-state index in [1.807, 2.05) is 6.92 Å². The Bertz CT molecular complexity index is 163. The van der Waals surface area contributed by atoms with Crippen LogP contribution in [0.4, 0.5) is 0 Å². The number of carbonyl (C=O) groups is 1. The quantitative estimate of drug-likeness (QED) is 0.636. The second-order valence-electron chi connectivity index (χ2n) is 3.68. The first-order valence-corrected chi connectivity index (χ1v) is 4.62. The van der Waals surface area contributed by atoms with Crippen molar-refractivity contribution in [3.05, 3.63) is 0 Å². The minimum atomic E-state index is -0.814. The first-order chi connectivity index (χ1) is 5.93. The number of likely N-dealkylation sites (N-methyl/N-ethyl adjacent to an activating group) is 1. The molecule has 0 saturated carbocycles. The smallest absolute Gasteiger partial charge is 0.242 e. The van der Waals surface area contributed by atoms with Crippen molar-refractivity contribution in [3.63, 3.8) is 0 Å². The van der Waals surface area contributed by atoms with E-state index in [0.29, 0.717) is 19.5 Å². The Balaban J connectivity index is 4.16. The number of carbonyl (C=O) groups excluding carboxylic acids is 1. The summed E-state index contributed by atoms with van der Waals surface area (Å²) in [4.78, 5) is 13.3. The summed E-state index contributed by atoms with van der Waals surface area (Å²) in [6.45, 7) is 6.61. The van der Waals surface area contributed by atoms with Gasteiger partial charge in [-0.2, -0.15) is 0 Å². The Morgan fingerprint density at radius 1 is 1.54 bits per heavy atom. The van der Waals surface area contributed by atoms with E-state index in [1.165, 1.54) is 0 Å². The van der Waals surface area contributed by atoms with Crippen LogP contribution < -0.4 is 5.73 Å². The minimum Gasteiger partial charge on any atom is -0.396 e. The Morgan fingerprint density at radius 3 is 2.38 bits per heavy atom. The van der Waals surface area contributed by atoms with Crippen molar-refractivity contribution in [1.29, 1.82) is 0 Å². The zero-order chi connectivity index (χ0) is 10.5. The average Bonchev–Trinajstić information content (AvgIpc) is 2.04. The van der Waals surface area contributed by atoms with Gasteiger partial charge in [0.05, 0.1) is 5.54 Å². The molecule has 0 rings (SSSR count). The SMILES string of the molecule is CCN(CCCO)C(=O)C(C)(C)N. The number of hydrogen-bond donors (Lipinski definition) is 2. The number of aliphatic hydroxyl groups excluding tert-OH is 1. The maximum Gasteiger partial charge on any atom is 0.242 e. The molecule has 0 aromatic rings. The van der Waals surface area contributed by atoms with Crippen molar-refractivity contribution in [2.24, 2.45) is 5.73 Å². The van der Waals surface area contributed by atoms with Gasteiger partial charge in [0.2, 0.25) is 5.91 Å². The first-order valence-electron chi connectivity index (χ1n) is 4.62. The van der Waals surface area contributed by atoms with Gasteiger partial charge in [0, 0.05) is 19.7 Å². The molecule has 0 radical (unpaired) electrons. The zero-order valence-electron chi connectivity index (χ0n) is 8.71. The summed E-state index contributed by atoms with van der Waals surface area (Å²) >= 11 is 0. The molecule has 0 aromatic heterocycles. The van der Waals surface area contributed by atoms with E-state index in [2.05, 4.69) is 0 Å². The van der Waals surface area contributed by atoms with Crippen LogP contribution >= 0.6 is 0 Å². The van der Waals surface area contributed by atoms with Crippen LogP contribution in [0.3, 0.4) is 0 Å². The standard InChI is InChI=1S/C9H20N2O2/c1-4-11(6-5-7-12)8(13)9(2,3)10/h12H,4-7,10H2,1-3H3. The molecule has 0 fully saturated rings. The van der Waals surface area contributed by atoms with Gasteiger partial charge in [-0.3, -0.25) is 4.79 Å². The second-order valence-corrected chi connectivity index (χ2v) is 3.68. The van der Waals surface area contributed by atoms with Gasteiger partial charge in [-0.15, -0.1) is 0 Å². The number of nitrogens with zero attached hydrogens (tertiary/aromatic N) is 1. The molecule has 1 amide bonds. The molecule has 4 nitrogen and oxygen atoms in total. The van der Waals surface area contributed by atoms with Crippen LogP contribution in [0.25, 0.3) is 0 Å². The fourth-order valence-corrected chi connectivity index (χ4v) is 1.07. The number of aliphatic hydroxyl groups is 1. The normalized spacial score (nSPS) is 11.5. The molecule has 0 atom stereocenters. The molecule has 0 aromatic carbocycles. The summed E-state index contributed by atoms with van der Waals surface area (Å²) in [7, 11) is 0. The maximum absolute atomic E-state index is 11.6. The van der Waals surface area contributed by atoms with E-state index in [9.17, 15) is 4.79 Å². The molecule has 0 bridgehead atoms. The topological polar surface area (TPSA) is 66.6 Å². The van der Waals surface area contributed by atoms with Crippen molar-refractivity contribution in [3.8, 4) is 0 Å². The predicted molar refractivity (Wildman–Crippen MR) is 52.2 cm³/mol. The Morgan fingerprint density at radius 2 is 2.08 bits per heavy atom. The number of nitrogens with two attached hydrogens (primary N) is 1. The molecule has 0 spiro atoms. The van der Waals surface area contributed by atoms with Crippen molar-refractivity contribution < 1.29 is 9.90 Å². The summed E-state index contributed by atoms with van der Waals surface area (Å²) < 4.78 is 0. The van der Waals surface area contributed by atoms with E-state index in [0.717, 1.165) is 0 Å². The number of amides is 1. The lowest BCUT2D eigenvalue weighted by atomic mass is 10.1. The third kappa shape index (κ3) is 4.24. The third-order valence-electron chi connectivity index (χ3n) is 1.81. The van der Waals surface area contributed by atoms with Crippen molar-refractivity contribution >= 4 is 5.91 Å². The molecule has 0 aliphatic rings. The number of hydrogen-bond acceptors (Lipinski definition) is 3. The lowest BCUT2D eigenvalue weighted by Crippen LogP contribution is -2.51. The highest BCUT2D eigenvalue weighted by Gasteiger charge is 2.26. The molecule has 0 aliphatic carbocycles. The van der Waals surface area contributed by atoms with Crippen molar-refractivity contribution in [2.75, 3.05) is 19.7 Å². The van der Waals surface area contributed by atoms with E-state index in [1.54, 1.807) is 18.7 Å². The second kappa shape index (κ2) is 5.19. The molecular formula is C9H20N2O2. The molecule has 0 aliphatic heterocycles. The van der Waals surface area contributed by atoms with Gasteiger partial charge < -0.3 is 15.7 Å². The summed E-state index contributed by atoms with van der Waals surface area (Å²) in [6, 6.07) is 0. The molecule has 0 heterocycles. The van der Waals surface area contributed by atoms with Crippen LogP contribution in [0.5, 0.6) is 0 Å². The Kier molecular flexibility index (Phi) is 4.95. The fraction of sp³-hybridized carbons (Fsp3) is 0.889. The van der Waals surface area contributed by atoms with Crippen LogP contribution in [-0.4, -0.2) is 41.1 Å². The molecule has 4 heteroatoms. The van der Waals surface area contributed by atoms with Gasteiger partial charge in [0.25, 0.3) is 0 Å². The van der Waals surface area contributed by atoms with Gasteiger partial charge in [-0.25, -0.2) is 0 Å². The van der Waals surface area contributed by atoms with Crippen LogP contribution in [0.15, 0.2) is 0 Å². The Hall–Kier alpha value is -0.610. The molecule has 78 valence electrons. The minimum absolute atomic E-state index is 0.0662. The van der Waals surface area contributed by atoms with Crippen LogP contribution in [0.2, 0.25) is 0 Å². The maximum atomic E-state index is 11.6. The summed E-state index contributed by atoms with van der Waals surface area (Å²) in [5.41, 5.74) is 4.86. The summed E-state index contributed by atoms with van der Waals surface area (Å²) in [5, 5.41) is 8.63. The van der Waals surface area contributed by atoms with E-state index >= 15 is 0 Å². The lowest BCUT2D eigenvalue weighted by Gasteiger charge is -2.28. The fourth-order valence-electron chi connectivity index (χ4n) is 1.07. The third-order valence-corrected chi connectivity index (χ3v) is 1.81. The molecular weight excluding hydrogens is 168 g/mol. The highest BCUT2D eigenvalue weighted by atomic mass is 16.3. The monoisotopic (exact) mass is 188 g/mol. The average molecular weight is 188 g/mol. The van der Waals surface area contributed by atoms with Crippen LogP contribution in [0, 0.1) is 0 Å². The lowest BCUT2D eigenvalue weighted by molar-refractivity contribution is -0.135. The molecule has 3 N–H and O–H groups in total. The first kappa shape index (κ1) is 12.4. The Labute approximate surface area is 79.7 Å².